The first kappa shape index (κ1) is 35.3. The van der Waals surface area contributed by atoms with E-state index in [0.717, 1.165) is 37.9 Å². The molecule has 1 aromatic carbocycles. The van der Waals surface area contributed by atoms with Crippen LogP contribution in [0.3, 0.4) is 0 Å². The number of ketones is 3. The Morgan fingerprint density at radius 3 is 2.33 bits per heavy atom. The van der Waals surface area contributed by atoms with Gasteiger partial charge < -0.3 is 15.6 Å². The smallest absolute Gasteiger partial charge is 0.166 e. The van der Waals surface area contributed by atoms with E-state index in [1.165, 1.54) is 6.92 Å². The molecule has 9 heteroatoms. The van der Waals surface area contributed by atoms with E-state index in [1.807, 2.05) is 33.8 Å². The van der Waals surface area contributed by atoms with Gasteiger partial charge in [-0.1, -0.05) is 46.8 Å². The van der Waals surface area contributed by atoms with Crippen LogP contribution in [0.5, 0.6) is 0 Å². The van der Waals surface area contributed by atoms with E-state index in [9.17, 15) is 19.5 Å². The first-order valence-electron chi connectivity index (χ1n) is 15.1. The number of aliphatic hydroxyl groups excluding tert-OH is 1. The molecule has 0 aliphatic carbocycles. The van der Waals surface area contributed by atoms with Gasteiger partial charge >= 0.3 is 0 Å². The SMILES string of the molecule is CCc1c(C(=O)C(C)CC)ccc(-c2ccc(CN3CCC(O)CC3)c(N)n2)c1F.[B]C(C)(CCC(=O)CC)C(C)=O. The lowest BCUT2D eigenvalue weighted by molar-refractivity contribution is -0.121. The van der Waals surface area contributed by atoms with Crippen molar-refractivity contribution in [3.8, 4) is 11.3 Å². The minimum absolute atomic E-state index is 0.0192. The summed E-state index contributed by atoms with van der Waals surface area (Å²) in [4.78, 5) is 41.2. The lowest BCUT2D eigenvalue weighted by Gasteiger charge is -2.29. The molecule has 2 aromatic rings. The molecular formula is C33H47BFN3O4. The second-order valence-corrected chi connectivity index (χ2v) is 11.6. The molecule has 1 fully saturated rings. The highest BCUT2D eigenvalue weighted by molar-refractivity contribution is 6.27. The number of carbonyl (C=O) groups is 3. The van der Waals surface area contributed by atoms with Crippen molar-refractivity contribution in [3.05, 3.63) is 46.8 Å². The van der Waals surface area contributed by atoms with Crippen molar-refractivity contribution in [2.75, 3.05) is 18.8 Å². The molecule has 1 aliphatic heterocycles. The van der Waals surface area contributed by atoms with Crippen LogP contribution in [0.25, 0.3) is 11.3 Å². The van der Waals surface area contributed by atoms with Gasteiger partial charge in [0.15, 0.2) is 5.78 Å². The Kier molecular flexibility index (Phi) is 13.5. The number of Topliss-reactive ketones (excluding diaryl/α,β-unsaturated/α-hetero) is 3. The van der Waals surface area contributed by atoms with E-state index in [-0.39, 0.29) is 29.4 Å². The average molecular weight is 580 g/mol. The monoisotopic (exact) mass is 579 g/mol. The molecule has 3 N–H and O–H groups in total. The highest BCUT2D eigenvalue weighted by atomic mass is 19.1. The number of nitrogen functional groups attached to an aromatic ring is 1. The number of anilines is 1. The summed E-state index contributed by atoms with van der Waals surface area (Å²) < 4.78 is 15.3. The Morgan fingerprint density at radius 1 is 1.17 bits per heavy atom. The van der Waals surface area contributed by atoms with Gasteiger partial charge in [0.05, 0.1) is 19.6 Å². The molecule has 1 aromatic heterocycles. The third-order valence-electron chi connectivity index (χ3n) is 8.28. The number of pyridine rings is 1. The Hall–Kier alpha value is -2.91. The number of aliphatic hydroxyl groups is 1. The molecule has 7 nitrogen and oxygen atoms in total. The zero-order valence-corrected chi connectivity index (χ0v) is 26.1. The maximum absolute atomic E-state index is 15.3. The number of carbonyl (C=O) groups excluding carboxylic acids is 3. The number of aromatic nitrogens is 1. The van der Waals surface area contributed by atoms with Gasteiger partial charge in [0.2, 0.25) is 0 Å². The fourth-order valence-corrected chi connectivity index (χ4v) is 4.70. The van der Waals surface area contributed by atoms with Gasteiger partial charge in [0.1, 0.15) is 23.2 Å². The van der Waals surface area contributed by atoms with Crippen LogP contribution < -0.4 is 5.73 Å². The minimum atomic E-state index is -0.829. The maximum atomic E-state index is 15.3. The lowest BCUT2D eigenvalue weighted by atomic mass is 9.65. The van der Waals surface area contributed by atoms with Crippen molar-refractivity contribution in [2.45, 2.75) is 104 Å². The van der Waals surface area contributed by atoms with Gasteiger partial charge in [0.25, 0.3) is 0 Å². The average Bonchev–Trinajstić information content (AvgIpc) is 2.97. The molecular weight excluding hydrogens is 532 g/mol. The highest BCUT2D eigenvalue weighted by Crippen LogP contribution is 2.30. The first-order chi connectivity index (χ1) is 19.7. The van der Waals surface area contributed by atoms with Crippen LogP contribution in [0.2, 0.25) is 5.31 Å². The fourth-order valence-electron chi connectivity index (χ4n) is 4.70. The van der Waals surface area contributed by atoms with E-state index in [2.05, 4.69) is 9.88 Å². The standard InChI is InChI=1S/C24H32FN3O2.C9H15BO2/c1-4-15(3)23(30)19-7-8-20(22(25)18(19)5-2)21-9-6-16(24(26)27-21)14-28-12-10-17(29)11-13-28;1-4-8(12)5-6-9(3,10)7(2)11/h6-9,15,17,29H,4-5,10-14H2,1-3H3,(H2,26,27);4-6H2,1-3H3. The van der Waals surface area contributed by atoms with E-state index < -0.39 is 11.1 Å². The summed E-state index contributed by atoms with van der Waals surface area (Å²) in [7, 11) is 5.66. The van der Waals surface area contributed by atoms with Crippen LogP contribution in [-0.2, 0) is 22.6 Å². The number of benzene rings is 1. The first-order valence-corrected chi connectivity index (χ1v) is 15.1. The maximum Gasteiger partial charge on any atom is 0.166 e. The van der Waals surface area contributed by atoms with E-state index in [0.29, 0.717) is 60.4 Å². The van der Waals surface area contributed by atoms with Gasteiger partial charge in [-0.2, -0.15) is 0 Å². The third-order valence-corrected chi connectivity index (χ3v) is 8.28. The molecule has 0 amide bonds. The number of rotatable bonds is 12. The van der Waals surface area contributed by atoms with Crippen LogP contribution >= 0.6 is 0 Å². The predicted octanol–water partition coefficient (Wildman–Crippen LogP) is 5.90. The highest BCUT2D eigenvalue weighted by Gasteiger charge is 2.24. The second kappa shape index (κ2) is 16.1. The summed E-state index contributed by atoms with van der Waals surface area (Å²) >= 11 is 0. The molecule has 0 saturated carbocycles. The van der Waals surface area contributed by atoms with Gasteiger partial charge in [-0.15, -0.1) is 0 Å². The van der Waals surface area contributed by atoms with Gasteiger partial charge in [-0.25, -0.2) is 9.37 Å². The van der Waals surface area contributed by atoms with Gasteiger partial charge in [0, 0.05) is 55.1 Å². The zero-order valence-electron chi connectivity index (χ0n) is 26.1. The van der Waals surface area contributed by atoms with Crippen molar-refractivity contribution < 1.29 is 23.9 Å². The van der Waals surface area contributed by atoms with E-state index in [1.54, 1.807) is 25.1 Å². The molecule has 228 valence electrons. The van der Waals surface area contributed by atoms with Gasteiger partial charge in [-0.3, -0.25) is 14.5 Å². The zero-order chi connectivity index (χ0) is 31.6. The quantitative estimate of drug-likeness (QED) is 0.238. The topological polar surface area (TPSA) is 114 Å². The summed E-state index contributed by atoms with van der Waals surface area (Å²) in [5.74, 6) is -0.0646. The molecule has 2 unspecified atom stereocenters. The largest absolute Gasteiger partial charge is 0.393 e. The van der Waals surface area contributed by atoms with Crippen LogP contribution in [0, 0.1) is 11.7 Å². The molecule has 2 heterocycles. The Balaban J connectivity index is 0.000000435. The fraction of sp³-hybridized carbons (Fsp3) is 0.576. The van der Waals surface area contributed by atoms with Crippen LogP contribution in [0.4, 0.5) is 10.2 Å². The van der Waals surface area contributed by atoms with E-state index in [4.69, 9.17) is 13.6 Å². The lowest BCUT2D eigenvalue weighted by Crippen LogP contribution is -2.35. The predicted molar refractivity (Wildman–Crippen MR) is 167 cm³/mol. The number of nitrogens with two attached hydrogens (primary N) is 1. The van der Waals surface area contributed by atoms with Crippen molar-refractivity contribution in [1.29, 1.82) is 0 Å². The summed E-state index contributed by atoms with van der Waals surface area (Å²) in [5, 5.41) is 8.83. The molecule has 0 spiro atoms. The molecule has 1 aliphatic rings. The van der Waals surface area contributed by atoms with Crippen LogP contribution in [0.15, 0.2) is 24.3 Å². The second-order valence-electron chi connectivity index (χ2n) is 11.6. The number of hydrogen-bond donors (Lipinski definition) is 2. The Labute approximate surface area is 251 Å². The van der Waals surface area contributed by atoms with Crippen molar-refractivity contribution in [2.24, 2.45) is 5.92 Å². The molecule has 2 radical (unpaired) electrons. The summed E-state index contributed by atoms with van der Waals surface area (Å²) in [6.45, 7) is 12.9. The van der Waals surface area contributed by atoms with Crippen molar-refractivity contribution in [1.82, 2.24) is 9.88 Å². The number of nitrogens with zero attached hydrogens (tertiary/aromatic N) is 2. The summed E-state index contributed by atoms with van der Waals surface area (Å²) in [6.07, 6.45) is 3.85. The summed E-state index contributed by atoms with van der Waals surface area (Å²) in [6, 6.07) is 7.04. The number of likely N-dealkylation sites (tertiary alicyclic amines) is 1. The Morgan fingerprint density at radius 2 is 1.81 bits per heavy atom. The van der Waals surface area contributed by atoms with Crippen LogP contribution in [0.1, 0.15) is 102 Å². The summed E-state index contributed by atoms with van der Waals surface area (Å²) in [5.41, 5.74) is 8.84. The van der Waals surface area contributed by atoms with Crippen molar-refractivity contribution in [3.63, 3.8) is 0 Å². The molecule has 1 saturated heterocycles. The third kappa shape index (κ3) is 9.56. The van der Waals surface area contributed by atoms with Crippen molar-refractivity contribution >= 4 is 31.0 Å². The number of piperidine rings is 1. The molecule has 42 heavy (non-hydrogen) atoms. The minimum Gasteiger partial charge on any atom is -0.393 e. The normalized spacial score (nSPS) is 16.2. The number of hydrogen-bond acceptors (Lipinski definition) is 7. The Bertz CT molecular complexity index is 1240. The van der Waals surface area contributed by atoms with E-state index >= 15 is 4.39 Å². The molecule has 0 bridgehead atoms. The molecule has 2 atom stereocenters. The number of halogens is 1. The van der Waals surface area contributed by atoms with Crippen LogP contribution in [-0.4, -0.2) is 59.4 Å². The van der Waals surface area contributed by atoms with Gasteiger partial charge in [-0.05, 0) is 62.0 Å². The molecule has 3 rings (SSSR count).